The molecule has 0 saturated heterocycles. The molecule has 0 unspecified atom stereocenters. The van der Waals surface area contributed by atoms with Gasteiger partial charge < -0.3 is 5.32 Å². The lowest BCUT2D eigenvalue weighted by Gasteiger charge is -2.33. The summed E-state index contributed by atoms with van der Waals surface area (Å²) in [5.41, 5.74) is 7.34. The predicted octanol–water partition coefficient (Wildman–Crippen LogP) is 7.24. The Labute approximate surface area is 207 Å². The van der Waals surface area contributed by atoms with E-state index < -0.39 is 0 Å². The van der Waals surface area contributed by atoms with E-state index in [2.05, 4.69) is 126 Å². The second kappa shape index (κ2) is 7.42. The summed E-state index contributed by atoms with van der Waals surface area (Å²) in [6.07, 6.45) is 6.98. The highest BCUT2D eigenvalue weighted by molar-refractivity contribution is 6.05. The molecule has 2 aliphatic rings. The summed E-state index contributed by atoms with van der Waals surface area (Å²) in [7, 11) is 0. The van der Waals surface area contributed by atoms with Gasteiger partial charge in [-0.15, -0.1) is 0 Å². The van der Waals surface area contributed by atoms with Crippen molar-refractivity contribution in [2.75, 3.05) is 5.32 Å². The predicted molar refractivity (Wildman–Crippen MR) is 151 cm³/mol. The van der Waals surface area contributed by atoms with Crippen LogP contribution in [-0.4, -0.2) is 11.1 Å². The van der Waals surface area contributed by atoms with Crippen molar-refractivity contribution in [2.24, 2.45) is 4.99 Å². The number of fused-ring (bicyclic) bond motifs is 6. The zero-order chi connectivity index (χ0) is 24.5. The number of hydrogen-bond acceptors (Lipinski definition) is 2. The Hall–Kier alpha value is -3.65. The normalized spacial score (nSPS) is 18.3. The van der Waals surface area contributed by atoms with Crippen molar-refractivity contribution in [3.63, 3.8) is 0 Å². The Bertz CT molecular complexity index is 1730. The molecule has 0 radical (unpaired) electrons. The molecule has 0 aromatic heterocycles. The quantitative estimate of drug-likeness (QED) is 0.321. The van der Waals surface area contributed by atoms with E-state index in [1.807, 2.05) is 0 Å². The number of allylic oxidation sites excluding steroid dienone is 2. The lowest BCUT2D eigenvalue weighted by Crippen LogP contribution is -2.31. The maximum atomic E-state index is 5.13. The maximum absolute atomic E-state index is 5.13. The fraction of sp³-hybridized carbons (Fsp3) is 0.242. The van der Waals surface area contributed by atoms with E-state index in [1.54, 1.807) is 0 Å². The molecule has 0 amide bonds. The van der Waals surface area contributed by atoms with Gasteiger partial charge in [0.05, 0.1) is 22.1 Å². The second-order valence-corrected chi connectivity index (χ2v) is 11.3. The summed E-state index contributed by atoms with van der Waals surface area (Å²) in [6, 6.07) is 22.2. The molecule has 35 heavy (non-hydrogen) atoms. The Morgan fingerprint density at radius 2 is 1.34 bits per heavy atom. The van der Waals surface area contributed by atoms with Gasteiger partial charge >= 0.3 is 0 Å². The topological polar surface area (TPSA) is 24.4 Å². The molecule has 4 aromatic rings. The fourth-order valence-corrected chi connectivity index (χ4v) is 5.97. The Balaban J connectivity index is 1.71. The van der Waals surface area contributed by atoms with E-state index in [-0.39, 0.29) is 11.1 Å². The molecular formula is C33H32N2. The largest absolute Gasteiger partial charge is 0.376 e. The molecule has 0 atom stereocenters. The zero-order valence-electron chi connectivity index (χ0n) is 21.5. The van der Waals surface area contributed by atoms with Gasteiger partial charge in [0.25, 0.3) is 0 Å². The number of benzene rings is 4. The standard InChI is InChI=1S/C33H32N2/c1-20-18-32(3,4)34-30-26-13-9-7-11-24(26)22(16-28(20)30)15-23-17-29-21(2)19-33(5,6)35-31(29)27-14-10-8-12-25(23)27/h7-19,34H,1-6H3. The maximum Gasteiger partial charge on any atom is 0.0745 e. The smallest absolute Gasteiger partial charge is 0.0745 e. The number of hydrogen-bond donors (Lipinski definition) is 1. The third-order valence-corrected chi connectivity index (χ3v) is 7.28. The molecule has 2 heterocycles. The molecule has 0 saturated carbocycles. The summed E-state index contributed by atoms with van der Waals surface area (Å²) >= 11 is 0. The van der Waals surface area contributed by atoms with Crippen LogP contribution in [0.15, 0.2) is 77.8 Å². The van der Waals surface area contributed by atoms with Crippen molar-refractivity contribution in [1.82, 2.24) is 0 Å². The van der Waals surface area contributed by atoms with E-state index in [9.17, 15) is 0 Å². The van der Waals surface area contributed by atoms with Crippen LogP contribution in [0.1, 0.15) is 58.2 Å². The highest BCUT2D eigenvalue weighted by Gasteiger charge is 2.25. The third-order valence-electron chi connectivity index (χ3n) is 7.28. The minimum Gasteiger partial charge on any atom is -0.376 e. The molecule has 2 aliphatic heterocycles. The summed E-state index contributed by atoms with van der Waals surface area (Å²) in [6.45, 7) is 13.3. The van der Waals surface area contributed by atoms with E-state index in [1.165, 1.54) is 60.3 Å². The summed E-state index contributed by atoms with van der Waals surface area (Å²) in [5, 5.41) is 11.1. The van der Waals surface area contributed by atoms with Gasteiger partial charge in [0.2, 0.25) is 0 Å². The first kappa shape index (κ1) is 21.9. The molecular weight excluding hydrogens is 424 g/mol. The van der Waals surface area contributed by atoms with Crippen molar-refractivity contribution in [3.05, 3.63) is 100 Å². The first-order valence-corrected chi connectivity index (χ1v) is 12.5. The average molecular weight is 457 g/mol. The molecule has 0 fully saturated rings. The van der Waals surface area contributed by atoms with Crippen molar-refractivity contribution in [2.45, 2.75) is 52.6 Å². The lowest BCUT2D eigenvalue weighted by atomic mass is 9.86. The first-order chi connectivity index (χ1) is 16.6. The average Bonchev–Trinajstić information content (AvgIpc) is 2.79. The second-order valence-electron chi connectivity index (χ2n) is 11.3. The van der Waals surface area contributed by atoms with Crippen LogP contribution in [0.3, 0.4) is 0 Å². The fourth-order valence-electron chi connectivity index (χ4n) is 5.97. The minimum absolute atomic E-state index is 0.0685. The van der Waals surface area contributed by atoms with Crippen LogP contribution >= 0.6 is 0 Å². The number of nitrogens with zero attached hydrogens (tertiary/aromatic N) is 1. The molecule has 2 nitrogen and oxygen atoms in total. The Morgan fingerprint density at radius 3 is 2.09 bits per heavy atom. The molecule has 2 heteroatoms. The highest BCUT2D eigenvalue weighted by Crippen LogP contribution is 2.40. The van der Waals surface area contributed by atoms with Crippen LogP contribution < -0.4 is 15.9 Å². The van der Waals surface area contributed by atoms with Gasteiger partial charge in [0.15, 0.2) is 0 Å². The van der Waals surface area contributed by atoms with Gasteiger partial charge in [-0.25, -0.2) is 0 Å². The van der Waals surface area contributed by atoms with Gasteiger partial charge in [-0.2, -0.15) is 0 Å². The molecule has 0 aliphatic carbocycles. The monoisotopic (exact) mass is 456 g/mol. The molecule has 0 bridgehead atoms. The van der Waals surface area contributed by atoms with Gasteiger partial charge in [0.1, 0.15) is 0 Å². The molecule has 174 valence electrons. The minimum atomic E-state index is -0.190. The van der Waals surface area contributed by atoms with Crippen molar-refractivity contribution in [1.29, 1.82) is 0 Å². The van der Waals surface area contributed by atoms with E-state index in [0.717, 1.165) is 5.36 Å². The third kappa shape index (κ3) is 3.60. The highest BCUT2D eigenvalue weighted by atomic mass is 15.0. The van der Waals surface area contributed by atoms with Crippen molar-refractivity contribution in [3.8, 4) is 0 Å². The van der Waals surface area contributed by atoms with Crippen molar-refractivity contribution >= 4 is 44.5 Å². The van der Waals surface area contributed by atoms with Gasteiger partial charge in [-0.3, -0.25) is 4.99 Å². The van der Waals surface area contributed by atoms with Gasteiger partial charge in [0, 0.05) is 21.9 Å². The van der Waals surface area contributed by atoms with E-state index in [0.29, 0.717) is 0 Å². The summed E-state index contributed by atoms with van der Waals surface area (Å²) < 4.78 is 0. The molecule has 6 rings (SSSR count). The number of nitrogens with one attached hydrogen (secondary N) is 1. The van der Waals surface area contributed by atoms with Crippen LogP contribution in [0.2, 0.25) is 0 Å². The van der Waals surface area contributed by atoms with Gasteiger partial charge in [-0.1, -0.05) is 60.7 Å². The molecule has 4 aromatic carbocycles. The van der Waals surface area contributed by atoms with Crippen LogP contribution in [0, 0.1) is 0 Å². The van der Waals surface area contributed by atoms with Crippen molar-refractivity contribution < 1.29 is 0 Å². The zero-order valence-corrected chi connectivity index (χ0v) is 21.5. The lowest BCUT2D eigenvalue weighted by molar-refractivity contribution is 0.633. The molecule has 0 spiro atoms. The Morgan fingerprint density at radius 1 is 0.714 bits per heavy atom. The van der Waals surface area contributed by atoms with Crippen LogP contribution in [0.4, 0.5) is 5.69 Å². The van der Waals surface area contributed by atoms with E-state index in [4.69, 9.17) is 4.99 Å². The van der Waals surface area contributed by atoms with E-state index >= 15 is 0 Å². The summed E-state index contributed by atoms with van der Waals surface area (Å²) in [5.74, 6) is 0. The van der Waals surface area contributed by atoms with Crippen LogP contribution in [0.5, 0.6) is 0 Å². The van der Waals surface area contributed by atoms with Crippen LogP contribution in [0.25, 0.3) is 38.8 Å². The van der Waals surface area contributed by atoms with Gasteiger partial charge in [-0.05, 0) is 92.5 Å². The number of anilines is 1. The number of rotatable bonds is 1. The Kier molecular flexibility index (Phi) is 4.63. The first-order valence-electron chi connectivity index (χ1n) is 12.5. The van der Waals surface area contributed by atoms with Crippen LogP contribution in [-0.2, 0) is 0 Å². The molecule has 1 N–H and O–H groups in total. The SMILES string of the molecule is CC1=CC(C)(C)Nc2c1cc(C=c1cc3c(c4ccccc14)=NC(C)(C)C=C3C)c1ccccc21. The summed E-state index contributed by atoms with van der Waals surface area (Å²) in [4.78, 5) is 5.13.